The first kappa shape index (κ1) is 23.0. The molecule has 0 unspecified atom stereocenters. The quantitative estimate of drug-likeness (QED) is 0.197. The van der Waals surface area contributed by atoms with Gasteiger partial charge in [0.25, 0.3) is 0 Å². The van der Waals surface area contributed by atoms with E-state index >= 15 is 0 Å². The summed E-state index contributed by atoms with van der Waals surface area (Å²) in [7, 11) is -2.14. The Morgan fingerprint density at radius 2 is 2.06 bits per heavy atom. The molecular formula is C20H24BClIN3O4Si. The van der Waals surface area contributed by atoms with E-state index in [0.29, 0.717) is 44.8 Å². The summed E-state index contributed by atoms with van der Waals surface area (Å²) >= 11 is 8.41. The third-order valence-electron chi connectivity index (χ3n) is 5.13. The molecule has 7 nitrogen and oxygen atoms in total. The van der Waals surface area contributed by atoms with E-state index in [1.165, 1.54) is 0 Å². The molecule has 164 valence electrons. The lowest BCUT2D eigenvalue weighted by molar-refractivity contribution is 0.0850. The van der Waals surface area contributed by atoms with Gasteiger partial charge in [0.1, 0.15) is 16.2 Å². The lowest BCUT2D eigenvalue weighted by Crippen LogP contribution is -2.28. The van der Waals surface area contributed by atoms with Crippen LogP contribution >= 0.6 is 34.2 Å². The largest absolute Gasteiger partial charge is 0.491 e. The van der Waals surface area contributed by atoms with Crippen LogP contribution < -0.4 is 10.2 Å². The highest BCUT2D eigenvalue weighted by Crippen LogP contribution is 2.31. The van der Waals surface area contributed by atoms with Gasteiger partial charge in [0.15, 0.2) is 5.65 Å². The summed E-state index contributed by atoms with van der Waals surface area (Å²) in [6.45, 7) is 10.2. The second-order valence-electron chi connectivity index (χ2n) is 8.86. The summed E-state index contributed by atoms with van der Waals surface area (Å²) in [5, 5.41) is 10.6. The lowest BCUT2D eigenvalue weighted by Gasteiger charge is -2.16. The second kappa shape index (κ2) is 8.99. The molecule has 0 bridgehead atoms. The maximum Gasteiger partial charge on any atom is 0.491 e. The molecule has 3 heterocycles. The fourth-order valence-corrected chi connectivity index (χ4v) is 4.59. The van der Waals surface area contributed by atoms with Crippen molar-refractivity contribution in [3.63, 3.8) is 0 Å². The lowest BCUT2D eigenvalue weighted by atomic mass is 9.79. The molecule has 3 aromatic rings. The van der Waals surface area contributed by atoms with Gasteiger partial charge in [-0.05, 0) is 64.3 Å². The van der Waals surface area contributed by atoms with Crippen molar-refractivity contribution in [3.8, 4) is 11.8 Å². The van der Waals surface area contributed by atoms with Gasteiger partial charge in [-0.15, -0.1) is 0 Å². The fourth-order valence-electron chi connectivity index (χ4n) is 3.30. The molecule has 31 heavy (non-hydrogen) atoms. The molecule has 0 spiro atoms. The number of nitrogens with zero attached hydrogens (tertiary/aromatic N) is 3. The van der Waals surface area contributed by atoms with Crippen LogP contribution in [0.25, 0.3) is 11.2 Å². The molecule has 1 aliphatic heterocycles. The van der Waals surface area contributed by atoms with Crippen LogP contribution in [-0.4, -0.2) is 41.4 Å². The number of fused-ring (bicyclic) bond motifs is 2. The van der Waals surface area contributed by atoms with Crippen molar-refractivity contribution in [3.05, 3.63) is 38.0 Å². The predicted molar refractivity (Wildman–Crippen MR) is 133 cm³/mol. The molecule has 1 aromatic carbocycles. The molecule has 0 atom stereocenters. The van der Waals surface area contributed by atoms with Gasteiger partial charge >= 0.3 is 13.1 Å². The van der Waals surface area contributed by atoms with Crippen molar-refractivity contribution in [1.29, 1.82) is 0 Å². The van der Waals surface area contributed by atoms with E-state index in [2.05, 4.69) is 52.2 Å². The van der Waals surface area contributed by atoms with Crippen molar-refractivity contribution in [2.24, 2.45) is 0 Å². The summed E-state index contributed by atoms with van der Waals surface area (Å²) < 4.78 is 20.0. The Hall–Kier alpha value is -1.18. The van der Waals surface area contributed by atoms with E-state index in [9.17, 15) is 5.02 Å². The maximum absolute atomic E-state index is 10.1. The van der Waals surface area contributed by atoms with Gasteiger partial charge < -0.3 is 19.2 Å². The van der Waals surface area contributed by atoms with Gasteiger partial charge in [0, 0.05) is 14.7 Å². The average Bonchev–Trinajstić information content (AvgIpc) is 3.19. The minimum atomic E-state index is -1.20. The van der Waals surface area contributed by atoms with E-state index in [1.807, 2.05) is 29.7 Å². The Balaban J connectivity index is 1.67. The van der Waals surface area contributed by atoms with E-state index in [-0.39, 0.29) is 6.73 Å². The van der Waals surface area contributed by atoms with Crippen molar-refractivity contribution in [2.75, 3.05) is 6.61 Å². The molecule has 1 N–H and O–H groups in total. The molecule has 0 amide bonds. The third kappa shape index (κ3) is 5.09. The first-order valence-corrected chi connectivity index (χ1v) is 15.2. The topological polar surface area (TPSA) is 78.6 Å². The van der Waals surface area contributed by atoms with Crippen LogP contribution in [0.2, 0.25) is 30.7 Å². The zero-order valence-corrected chi connectivity index (χ0v) is 21.8. The fraction of sp³-hybridized carbons (Fsp3) is 0.400. The molecule has 2 aromatic heterocycles. The molecule has 0 radical (unpaired) electrons. The highest BCUT2D eigenvalue weighted by atomic mass is 127. The zero-order chi connectivity index (χ0) is 22.3. The SMILES string of the molecule is Cc1cc2c(cc1Oc1nc3nc(I)c(Cl)cc3n1COCC[Si](C)(C)C)B(O)OC2. The van der Waals surface area contributed by atoms with Gasteiger partial charge in [0.05, 0.1) is 17.1 Å². The number of pyridine rings is 1. The van der Waals surface area contributed by atoms with Gasteiger partial charge in [-0.3, -0.25) is 4.57 Å². The second-order valence-corrected chi connectivity index (χ2v) is 15.9. The predicted octanol–water partition coefficient (Wildman–Crippen LogP) is 4.32. The monoisotopic (exact) mass is 571 g/mol. The molecule has 0 aliphatic carbocycles. The Kier molecular flexibility index (Phi) is 6.67. The van der Waals surface area contributed by atoms with Crippen LogP contribution in [-0.2, 0) is 22.7 Å². The van der Waals surface area contributed by atoms with Gasteiger partial charge in [-0.25, -0.2) is 4.98 Å². The number of imidazole rings is 1. The van der Waals surface area contributed by atoms with Crippen LogP contribution in [0.4, 0.5) is 0 Å². The summed E-state index contributed by atoms with van der Waals surface area (Å²) in [5.74, 6) is 0.600. The molecule has 11 heteroatoms. The zero-order valence-electron chi connectivity index (χ0n) is 17.9. The summed E-state index contributed by atoms with van der Waals surface area (Å²) in [6.07, 6.45) is 0. The number of halogens is 2. The van der Waals surface area contributed by atoms with E-state index < -0.39 is 15.2 Å². The van der Waals surface area contributed by atoms with Gasteiger partial charge in [-0.2, -0.15) is 4.98 Å². The molecule has 0 saturated heterocycles. The van der Waals surface area contributed by atoms with Crippen molar-refractivity contribution < 1.29 is 19.2 Å². The Labute approximate surface area is 201 Å². The van der Waals surface area contributed by atoms with E-state index in [1.54, 1.807) is 0 Å². The van der Waals surface area contributed by atoms with Crippen molar-refractivity contribution in [2.45, 2.75) is 45.9 Å². The minimum absolute atomic E-state index is 0.282. The van der Waals surface area contributed by atoms with Crippen LogP contribution in [0.5, 0.6) is 11.8 Å². The Morgan fingerprint density at radius 3 is 2.81 bits per heavy atom. The maximum atomic E-state index is 10.1. The van der Waals surface area contributed by atoms with Crippen LogP contribution in [0.3, 0.4) is 0 Å². The molecule has 1 aliphatic rings. The molecule has 4 rings (SSSR count). The molecular weight excluding hydrogens is 547 g/mol. The third-order valence-corrected chi connectivity index (χ3v) is 8.27. The van der Waals surface area contributed by atoms with Crippen LogP contribution in [0.15, 0.2) is 18.2 Å². The number of hydrogen-bond donors (Lipinski definition) is 1. The average molecular weight is 572 g/mol. The summed E-state index contributed by atoms with van der Waals surface area (Å²) in [4.78, 5) is 9.08. The van der Waals surface area contributed by atoms with Crippen LogP contribution in [0.1, 0.15) is 11.1 Å². The van der Waals surface area contributed by atoms with Crippen molar-refractivity contribution in [1.82, 2.24) is 14.5 Å². The minimum Gasteiger partial charge on any atom is -0.425 e. The summed E-state index contributed by atoms with van der Waals surface area (Å²) in [6, 6.07) is 7.04. The van der Waals surface area contributed by atoms with Gasteiger partial charge in [-0.1, -0.05) is 37.3 Å². The molecule has 0 saturated carbocycles. The Bertz CT molecular complexity index is 1140. The first-order valence-electron chi connectivity index (χ1n) is 10.0. The highest BCUT2D eigenvalue weighted by Gasteiger charge is 2.29. The first-order chi connectivity index (χ1) is 14.6. The normalized spacial score (nSPS) is 13.8. The van der Waals surface area contributed by atoms with Crippen LogP contribution in [0, 0.1) is 10.6 Å². The number of ether oxygens (including phenoxy) is 2. The van der Waals surface area contributed by atoms with E-state index in [0.717, 1.165) is 22.7 Å². The highest BCUT2D eigenvalue weighted by molar-refractivity contribution is 14.1. The Morgan fingerprint density at radius 1 is 1.29 bits per heavy atom. The molecule has 0 fully saturated rings. The van der Waals surface area contributed by atoms with Crippen molar-refractivity contribution >= 4 is 66.0 Å². The van der Waals surface area contributed by atoms with Gasteiger partial charge in [0.2, 0.25) is 0 Å². The number of benzene rings is 1. The number of hydrogen-bond acceptors (Lipinski definition) is 6. The number of aromatic nitrogens is 3. The standard InChI is InChI=1S/C20H24BClIN3O4Si/c1-12-7-13-10-29-21(27)14(13)8-17(12)30-20-25-19-16(9-15(22)18(23)24-19)26(20)11-28-5-6-31(2,3)4/h7-9,27H,5-6,10-11H2,1-4H3. The number of aryl methyl sites for hydroxylation is 1. The smallest absolute Gasteiger partial charge is 0.425 e. The summed E-state index contributed by atoms with van der Waals surface area (Å²) in [5.41, 5.74) is 3.89. The van der Waals surface area contributed by atoms with E-state index in [4.69, 9.17) is 25.7 Å². The number of rotatable bonds is 7.